The summed E-state index contributed by atoms with van der Waals surface area (Å²) in [5, 5.41) is 11.2. The predicted molar refractivity (Wildman–Crippen MR) is 106 cm³/mol. The van der Waals surface area contributed by atoms with Crippen molar-refractivity contribution < 1.29 is 14.3 Å². The molecule has 3 rings (SSSR count). The summed E-state index contributed by atoms with van der Waals surface area (Å²) in [6, 6.07) is 13.1. The third-order valence-electron chi connectivity index (χ3n) is 4.61. The first-order valence-electron chi connectivity index (χ1n) is 8.96. The van der Waals surface area contributed by atoms with Gasteiger partial charge in [0.2, 0.25) is 0 Å². The highest BCUT2D eigenvalue weighted by Crippen LogP contribution is 2.29. The van der Waals surface area contributed by atoms with Gasteiger partial charge in [0.05, 0.1) is 31.6 Å². The Bertz CT molecular complexity index is 997. The average molecular weight is 380 g/mol. The molecule has 0 saturated heterocycles. The molecule has 0 bridgehead atoms. The number of ether oxygens (including phenoxy) is 2. The third kappa shape index (κ3) is 3.83. The Hall–Kier alpha value is -3.35. The largest absolute Gasteiger partial charge is 0.497 e. The minimum Gasteiger partial charge on any atom is -0.497 e. The maximum Gasteiger partial charge on any atom is 0.274 e. The number of amides is 1. The number of rotatable bonds is 6. The average Bonchev–Trinajstić information content (AvgIpc) is 3.08. The molecule has 0 saturated carbocycles. The normalized spacial score (nSPS) is 11.8. The van der Waals surface area contributed by atoms with Gasteiger partial charge in [-0.05, 0) is 50.6 Å². The second-order valence-electron chi connectivity index (χ2n) is 6.58. The zero-order valence-corrected chi connectivity index (χ0v) is 16.7. The van der Waals surface area contributed by atoms with Crippen molar-refractivity contribution in [2.24, 2.45) is 0 Å². The monoisotopic (exact) mass is 380 g/mol. The molecule has 0 aliphatic carbocycles. The topological polar surface area (TPSA) is 78.3 Å². The smallest absolute Gasteiger partial charge is 0.274 e. The molecule has 1 atom stereocenters. The van der Waals surface area contributed by atoms with Crippen molar-refractivity contribution in [1.29, 1.82) is 0 Å². The van der Waals surface area contributed by atoms with Crippen LogP contribution in [-0.2, 0) is 0 Å². The summed E-state index contributed by atoms with van der Waals surface area (Å²) >= 11 is 0. The second kappa shape index (κ2) is 8.12. The maximum atomic E-state index is 12.8. The number of nitrogens with one attached hydrogen (secondary N) is 1. The van der Waals surface area contributed by atoms with Gasteiger partial charge in [0.25, 0.3) is 5.91 Å². The van der Waals surface area contributed by atoms with E-state index in [1.807, 2.05) is 57.2 Å². The summed E-state index contributed by atoms with van der Waals surface area (Å²) < 4.78 is 12.3. The molecule has 0 aliphatic rings. The van der Waals surface area contributed by atoms with E-state index in [4.69, 9.17) is 9.47 Å². The van der Waals surface area contributed by atoms with Crippen molar-refractivity contribution in [3.05, 3.63) is 65.0 Å². The van der Waals surface area contributed by atoms with E-state index in [1.54, 1.807) is 25.0 Å². The van der Waals surface area contributed by atoms with Crippen LogP contribution >= 0.6 is 0 Å². The van der Waals surface area contributed by atoms with E-state index in [9.17, 15) is 4.79 Å². The fraction of sp³-hybridized carbons (Fsp3) is 0.286. The first-order chi connectivity index (χ1) is 13.4. The van der Waals surface area contributed by atoms with Crippen LogP contribution in [0.5, 0.6) is 11.5 Å². The molecule has 0 radical (unpaired) electrons. The lowest BCUT2D eigenvalue weighted by Crippen LogP contribution is -2.28. The lowest BCUT2D eigenvalue weighted by atomic mass is 10.1. The van der Waals surface area contributed by atoms with Crippen molar-refractivity contribution in [2.45, 2.75) is 26.8 Å². The lowest BCUT2D eigenvalue weighted by Gasteiger charge is -2.17. The molecule has 1 amide bonds. The molecular formula is C21H24N4O3. The van der Waals surface area contributed by atoms with Crippen molar-refractivity contribution in [1.82, 2.24) is 20.3 Å². The summed E-state index contributed by atoms with van der Waals surface area (Å²) in [6.07, 6.45) is 0. The zero-order chi connectivity index (χ0) is 20.3. The summed E-state index contributed by atoms with van der Waals surface area (Å²) in [5.74, 6) is 1.05. The fourth-order valence-electron chi connectivity index (χ4n) is 3.06. The van der Waals surface area contributed by atoms with Crippen LogP contribution in [0.15, 0.2) is 42.5 Å². The first-order valence-corrected chi connectivity index (χ1v) is 8.96. The van der Waals surface area contributed by atoms with Crippen LogP contribution in [0.3, 0.4) is 0 Å². The molecule has 1 heterocycles. The summed E-state index contributed by atoms with van der Waals surface area (Å²) in [4.78, 5) is 12.8. The molecule has 7 nitrogen and oxygen atoms in total. The number of carbonyl (C=O) groups excluding carboxylic acids is 1. The van der Waals surface area contributed by atoms with E-state index in [-0.39, 0.29) is 11.9 Å². The molecule has 3 aromatic rings. The highest BCUT2D eigenvalue weighted by molar-refractivity contribution is 5.93. The standard InChI is InChI=1S/C21H24N4O3/c1-13-7-6-8-16(11-13)25-15(3)20(23-24-25)21(26)22-14(2)18-10-9-17(27-4)12-19(18)28-5/h6-12,14H,1-5H3,(H,22,26). The van der Waals surface area contributed by atoms with Crippen LogP contribution in [-0.4, -0.2) is 35.1 Å². The molecule has 7 heteroatoms. The molecule has 0 spiro atoms. The number of hydrogen-bond acceptors (Lipinski definition) is 5. The van der Waals surface area contributed by atoms with Gasteiger partial charge in [0, 0.05) is 11.6 Å². The SMILES string of the molecule is COc1ccc(C(C)NC(=O)c2nnn(-c3cccc(C)c3)c2C)c(OC)c1. The summed E-state index contributed by atoms with van der Waals surface area (Å²) in [6.45, 7) is 5.73. The molecule has 0 aliphatic heterocycles. The van der Waals surface area contributed by atoms with E-state index < -0.39 is 0 Å². The Balaban J connectivity index is 1.82. The van der Waals surface area contributed by atoms with Crippen LogP contribution in [0.25, 0.3) is 5.69 Å². The molecule has 28 heavy (non-hydrogen) atoms. The van der Waals surface area contributed by atoms with Gasteiger partial charge in [0.1, 0.15) is 11.5 Å². The molecule has 0 fully saturated rings. The van der Waals surface area contributed by atoms with Crippen molar-refractivity contribution in [2.75, 3.05) is 14.2 Å². The van der Waals surface area contributed by atoms with Gasteiger partial charge in [0.15, 0.2) is 5.69 Å². The van der Waals surface area contributed by atoms with Gasteiger partial charge in [-0.3, -0.25) is 4.79 Å². The van der Waals surface area contributed by atoms with Gasteiger partial charge < -0.3 is 14.8 Å². The highest BCUT2D eigenvalue weighted by atomic mass is 16.5. The van der Waals surface area contributed by atoms with Crippen LogP contribution in [0.1, 0.15) is 40.3 Å². The minimum absolute atomic E-state index is 0.281. The Kier molecular flexibility index (Phi) is 5.63. The van der Waals surface area contributed by atoms with Gasteiger partial charge in [-0.25, -0.2) is 4.68 Å². The van der Waals surface area contributed by atoms with Crippen LogP contribution in [0.4, 0.5) is 0 Å². The summed E-state index contributed by atoms with van der Waals surface area (Å²) in [7, 11) is 3.18. The quantitative estimate of drug-likeness (QED) is 0.709. The Morgan fingerprint density at radius 3 is 2.57 bits per heavy atom. The number of benzene rings is 2. The number of nitrogens with zero attached hydrogens (tertiary/aromatic N) is 3. The predicted octanol–water partition coefficient (Wildman–Crippen LogP) is 3.39. The van der Waals surface area contributed by atoms with Crippen molar-refractivity contribution in [3.8, 4) is 17.2 Å². The van der Waals surface area contributed by atoms with E-state index in [2.05, 4.69) is 15.6 Å². The molecule has 1 aromatic heterocycles. The van der Waals surface area contributed by atoms with Crippen molar-refractivity contribution >= 4 is 5.91 Å². The van der Waals surface area contributed by atoms with Crippen LogP contribution in [0, 0.1) is 13.8 Å². The molecule has 146 valence electrons. The van der Waals surface area contributed by atoms with Crippen LogP contribution in [0.2, 0.25) is 0 Å². The Morgan fingerprint density at radius 1 is 1.11 bits per heavy atom. The molecule has 1 N–H and O–H groups in total. The van der Waals surface area contributed by atoms with Gasteiger partial charge in [-0.1, -0.05) is 17.3 Å². The van der Waals surface area contributed by atoms with Gasteiger partial charge in [-0.2, -0.15) is 0 Å². The number of methoxy groups -OCH3 is 2. The van der Waals surface area contributed by atoms with Gasteiger partial charge in [-0.15, -0.1) is 5.10 Å². The zero-order valence-electron chi connectivity index (χ0n) is 16.7. The number of aryl methyl sites for hydroxylation is 1. The number of aromatic nitrogens is 3. The first kappa shape index (κ1) is 19.4. The molecule has 2 aromatic carbocycles. The Labute approximate surface area is 164 Å². The van der Waals surface area contributed by atoms with Crippen molar-refractivity contribution in [3.63, 3.8) is 0 Å². The van der Waals surface area contributed by atoms with E-state index in [1.165, 1.54) is 0 Å². The maximum absolute atomic E-state index is 12.8. The second-order valence-corrected chi connectivity index (χ2v) is 6.58. The lowest BCUT2D eigenvalue weighted by molar-refractivity contribution is 0.0933. The number of carbonyl (C=O) groups is 1. The van der Waals surface area contributed by atoms with Crippen LogP contribution < -0.4 is 14.8 Å². The Morgan fingerprint density at radius 2 is 1.89 bits per heavy atom. The molecule has 1 unspecified atom stereocenters. The van der Waals surface area contributed by atoms with Gasteiger partial charge >= 0.3 is 0 Å². The highest BCUT2D eigenvalue weighted by Gasteiger charge is 2.21. The fourth-order valence-corrected chi connectivity index (χ4v) is 3.06. The van der Waals surface area contributed by atoms with E-state index >= 15 is 0 Å². The van der Waals surface area contributed by atoms with E-state index in [0.717, 1.165) is 16.8 Å². The number of hydrogen-bond donors (Lipinski definition) is 1. The molecular weight excluding hydrogens is 356 g/mol. The minimum atomic E-state index is -0.290. The third-order valence-corrected chi connectivity index (χ3v) is 4.61. The van der Waals surface area contributed by atoms with E-state index in [0.29, 0.717) is 22.9 Å². The summed E-state index contributed by atoms with van der Waals surface area (Å²) in [5.41, 5.74) is 3.80.